The van der Waals surface area contributed by atoms with Crippen LogP contribution in [0.2, 0.25) is 0 Å². The third-order valence-electron chi connectivity index (χ3n) is 6.41. The number of ether oxygens (including phenoxy) is 2. The highest BCUT2D eigenvalue weighted by Crippen LogP contribution is 2.29. The summed E-state index contributed by atoms with van der Waals surface area (Å²) < 4.78 is 18.8. The first-order valence-electron chi connectivity index (χ1n) is 13.4. The molecule has 0 aliphatic carbocycles. The predicted molar refractivity (Wildman–Crippen MR) is 162 cm³/mol. The molecule has 0 fully saturated rings. The van der Waals surface area contributed by atoms with Crippen molar-refractivity contribution in [2.24, 2.45) is 5.10 Å². The Balaban J connectivity index is 1.30. The number of nitrogens with one attached hydrogen (secondary N) is 1. The van der Waals surface area contributed by atoms with E-state index in [1.807, 2.05) is 61.5 Å². The Labute approximate surface area is 240 Å². The highest BCUT2D eigenvalue weighted by molar-refractivity contribution is 5.92. The van der Waals surface area contributed by atoms with Crippen molar-refractivity contribution < 1.29 is 18.7 Å². The van der Waals surface area contributed by atoms with Gasteiger partial charge in [0.25, 0.3) is 11.5 Å². The molecule has 6 aromatic rings. The van der Waals surface area contributed by atoms with Crippen molar-refractivity contribution in [3.05, 3.63) is 119 Å². The van der Waals surface area contributed by atoms with E-state index in [0.717, 1.165) is 5.39 Å². The van der Waals surface area contributed by atoms with Crippen molar-refractivity contribution in [1.82, 2.24) is 9.66 Å². The van der Waals surface area contributed by atoms with Gasteiger partial charge in [-0.15, -0.1) is 0 Å². The summed E-state index contributed by atoms with van der Waals surface area (Å²) in [6.45, 7) is 2.05. The topological polar surface area (TPSA) is 108 Å². The first kappa shape index (κ1) is 26.5. The highest BCUT2D eigenvalue weighted by atomic mass is 16.5. The van der Waals surface area contributed by atoms with Crippen molar-refractivity contribution in [2.75, 3.05) is 18.5 Å². The van der Waals surface area contributed by atoms with Crippen molar-refractivity contribution in [3.8, 4) is 23.1 Å². The average molecular weight is 559 g/mol. The Bertz CT molecular complexity index is 1950. The Kier molecular flexibility index (Phi) is 7.46. The second-order valence-electron chi connectivity index (χ2n) is 9.30. The molecule has 0 spiro atoms. The van der Waals surface area contributed by atoms with Crippen LogP contribution in [-0.2, 0) is 4.79 Å². The maximum absolute atomic E-state index is 13.5. The molecule has 9 heteroatoms. The van der Waals surface area contributed by atoms with Crippen molar-refractivity contribution in [2.45, 2.75) is 6.92 Å². The summed E-state index contributed by atoms with van der Waals surface area (Å²) in [6, 6.07) is 30.9. The van der Waals surface area contributed by atoms with Crippen LogP contribution in [0.5, 0.6) is 11.5 Å². The van der Waals surface area contributed by atoms with Crippen molar-refractivity contribution >= 4 is 39.7 Å². The number of aromatic nitrogens is 2. The molecule has 2 aromatic heterocycles. The van der Waals surface area contributed by atoms with Crippen LogP contribution in [0.15, 0.2) is 117 Å². The van der Waals surface area contributed by atoms with Crippen LogP contribution < -0.4 is 20.3 Å². The minimum absolute atomic E-state index is 0.193. The molecule has 0 radical (unpaired) electrons. The lowest BCUT2D eigenvalue weighted by Gasteiger charge is -2.13. The summed E-state index contributed by atoms with van der Waals surface area (Å²) in [5, 5.41) is 8.63. The Morgan fingerprint density at radius 3 is 2.55 bits per heavy atom. The molecular formula is C33H26N4O5. The van der Waals surface area contributed by atoms with Gasteiger partial charge in [0.1, 0.15) is 5.58 Å². The SMILES string of the molecule is CCOc1cc(C=Nn2c(-c3cc4ccccc4o3)nc3ccccc3c2=O)ccc1OCC(=O)Nc1ccccc1. The predicted octanol–water partition coefficient (Wildman–Crippen LogP) is 6.11. The van der Waals surface area contributed by atoms with Crippen LogP contribution in [0.1, 0.15) is 12.5 Å². The quantitative estimate of drug-likeness (QED) is 0.215. The Morgan fingerprint density at radius 1 is 0.929 bits per heavy atom. The zero-order valence-corrected chi connectivity index (χ0v) is 22.7. The van der Waals surface area contributed by atoms with Gasteiger partial charge in [-0.05, 0) is 67.1 Å². The van der Waals surface area contributed by atoms with Crippen LogP contribution in [0, 0.1) is 0 Å². The zero-order chi connectivity index (χ0) is 28.9. The number of amides is 1. The number of nitrogens with zero attached hydrogens (tertiary/aromatic N) is 3. The number of rotatable bonds is 9. The van der Waals surface area contributed by atoms with E-state index in [9.17, 15) is 9.59 Å². The molecule has 0 aliphatic heterocycles. The second kappa shape index (κ2) is 11.8. The van der Waals surface area contributed by atoms with Gasteiger partial charge in [-0.25, -0.2) is 4.98 Å². The molecule has 1 N–H and O–H groups in total. The minimum Gasteiger partial charge on any atom is -0.490 e. The maximum atomic E-state index is 13.5. The molecule has 6 rings (SSSR count). The summed E-state index contributed by atoms with van der Waals surface area (Å²) in [5.41, 5.74) is 2.22. The fourth-order valence-corrected chi connectivity index (χ4v) is 4.46. The van der Waals surface area contributed by atoms with Crippen LogP contribution in [0.3, 0.4) is 0 Å². The number of hydrogen-bond acceptors (Lipinski definition) is 7. The molecule has 42 heavy (non-hydrogen) atoms. The first-order valence-corrected chi connectivity index (χ1v) is 13.4. The standard InChI is InChI=1S/C33H26N4O5/c1-2-40-29-18-22(16-17-28(29)41-21-31(38)35-24-11-4-3-5-12-24)20-34-37-32(30-19-23-10-6-9-15-27(23)42-30)36-26-14-8-7-13-25(26)33(37)39/h3-20H,2,21H2,1H3,(H,35,38). The zero-order valence-electron chi connectivity index (χ0n) is 22.7. The maximum Gasteiger partial charge on any atom is 0.282 e. The van der Waals surface area contributed by atoms with Gasteiger partial charge in [-0.2, -0.15) is 9.78 Å². The molecule has 0 unspecified atom stereocenters. The molecule has 208 valence electrons. The van der Waals surface area contributed by atoms with Gasteiger partial charge < -0.3 is 19.2 Å². The number of hydrogen-bond donors (Lipinski definition) is 1. The number of para-hydroxylation sites is 3. The molecule has 0 aliphatic rings. The monoisotopic (exact) mass is 558 g/mol. The molecular weight excluding hydrogens is 532 g/mol. The average Bonchev–Trinajstić information content (AvgIpc) is 3.45. The highest BCUT2D eigenvalue weighted by Gasteiger charge is 2.16. The lowest BCUT2D eigenvalue weighted by atomic mass is 10.2. The van der Waals surface area contributed by atoms with Gasteiger partial charge in [0.15, 0.2) is 23.9 Å². The van der Waals surface area contributed by atoms with Gasteiger partial charge in [0.2, 0.25) is 5.82 Å². The molecule has 0 atom stereocenters. The molecule has 4 aromatic carbocycles. The molecule has 0 bridgehead atoms. The largest absolute Gasteiger partial charge is 0.490 e. The second-order valence-corrected chi connectivity index (χ2v) is 9.30. The lowest BCUT2D eigenvalue weighted by Crippen LogP contribution is -2.20. The van der Waals surface area contributed by atoms with E-state index in [4.69, 9.17) is 18.9 Å². The third kappa shape index (κ3) is 5.62. The van der Waals surface area contributed by atoms with Crippen LogP contribution >= 0.6 is 0 Å². The van der Waals surface area contributed by atoms with Crippen molar-refractivity contribution in [1.29, 1.82) is 0 Å². The Hall–Kier alpha value is -5.70. The van der Waals surface area contributed by atoms with E-state index >= 15 is 0 Å². The number of anilines is 1. The Morgan fingerprint density at radius 2 is 1.71 bits per heavy atom. The number of benzene rings is 4. The van der Waals surface area contributed by atoms with E-state index < -0.39 is 0 Å². The number of furan rings is 1. The molecule has 2 heterocycles. The normalized spacial score (nSPS) is 11.3. The summed E-state index contributed by atoms with van der Waals surface area (Å²) in [5.74, 6) is 1.25. The smallest absolute Gasteiger partial charge is 0.282 e. The molecule has 1 amide bonds. The van der Waals surface area contributed by atoms with Crippen LogP contribution in [0.25, 0.3) is 33.5 Å². The summed E-state index contributed by atoms with van der Waals surface area (Å²) >= 11 is 0. The van der Waals surface area contributed by atoms with E-state index in [1.54, 1.807) is 54.7 Å². The molecule has 0 saturated carbocycles. The fraction of sp³-hybridized carbons (Fsp3) is 0.0909. The number of carbonyl (C=O) groups is 1. The minimum atomic E-state index is -0.332. The van der Waals surface area contributed by atoms with Gasteiger partial charge in [0, 0.05) is 11.1 Å². The van der Waals surface area contributed by atoms with E-state index in [0.29, 0.717) is 51.6 Å². The van der Waals surface area contributed by atoms with Gasteiger partial charge in [-0.3, -0.25) is 9.59 Å². The first-order chi connectivity index (χ1) is 20.6. The lowest BCUT2D eigenvalue weighted by molar-refractivity contribution is -0.118. The third-order valence-corrected chi connectivity index (χ3v) is 6.41. The number of fused-ring (bicyclic) bond motifs is 2. The molecule has 0 saturated heterocycles. The van der Waals surface area contributed by atoms with Gasteiger partial charge in [-0.1, -0.05) is 48.5 Å². The summed E-state index contributed by atoms with van der Waals surface area (Å²) in [4.78, 5) is 30.6. The van der Waals surface area contributed by atoms with Crippen molar-refractivity contribution in [3.63, 3.8) is 0 Å². The van der Waals surface area contributed by atoms with E-state index in [-0.39, 0.29) is 23.9 Å². The van der Waals surface area contributed by atoms with E-state index in [2.05, 4.69) is 10.4 Å². The fourth-order valence-electron chi connectivity index (χ4n) is 4.46. The van der Waals surface area contributed by atoms with Crippen LogP contribution in [-0.4, -0.2) is 35.0 Å². The van der Waals surface area contributed by atoms with Gasteiger partial charge >= 0.3 is 0 Å². The van der Waals surface area contributed by atoms with Crippen LogP contribution in [0.4, 0.5) is 5.69 Å². The summed E-state index contributed by atoms with van der Waals surface area (Å²) in [6.07, 6.45) is 1.54. The summed E-state index contributed by atoms with van der Waals surface area (Å²) in [7, 11) is 0. The van der Waals surface area contributed by atoms with E-state index in [1.165, 1.54) is 4.68 Å². The molecule has 9 nitrogen and oxygen atoms in total. The van der Waals surface area contributed by atoms with Gasteiger partial charge in [0.05, 0.1) is 23.7 Å². The number of carbonyl (C=O) groups excluding carboxylic acids is 1.